The van der Waals surface area contributed by atoms with Crippen molar-refractivity contribution in [1.29, 1.82) is 0 Å². The predicted octanol–water partition coefficient (Wildman–Crippen LogP) is 7.51. The average Bonchev–Trinajstić information content (AvgIpc) is 2.65. The van der Waals surface area contributed by atoms with Gasteiger partial charge in [0.15, 0.2) is 0 Å². The average molecular weight is 355 g/mol. The van der Waals surface area contributed by atoms with Crippen LogP contribution in [0.25, 0.3) is 0 Å². The molecule has 0 heterocycles. The lowest BCUT2D eigenvalue weighted by Gasteiger charge is -2.44. The first-order valence-corrected chi connectivity index (χ1v) is 11.4. The summed E-state index contributed by atoms with van der Waals surface area (Å²) in [5.74, 6) is 2.63. The van der Waals surface area contributed by atoms with Gasteiger partial charge in [-0.25, -0.2) is 8.78 Å². The minimum atomic E-state index is -1.18. The smallest absolute Gasteiger partial charge is 0.134 e. The van der Waals surface area contributed by atoms with Crippen molar-refractivity contribution in [2.45, 2.75) is 110 Å². The van der Waals surface area contributed by atoms with Crippen molar-refractivity contribution in [1.82, 2.24) is 0 Å². The van der Waals surface area contributed by atoms with Crippen LogP contribution in [0.15, 0.2) is 0 Å². The topological polar surface area (TPSA) is 0 Å². The van der Waals surface area contributed by atoms with E-state index in [4.69, 9.17) is 0 Å². The molecule has 3 rings (SSSR count). The maximum Gasteiger partial charge on any atom is 0.134 e. The molecule has 0 N–H and O–H groups in total. The van der Waals surface area contributed by atoms with Gasteiger partial charge in [-0.1, -0.05) is 58.8 Å². The second kappa shape index (κ2) is 9.18. The fourth-order valence-corrected chi connectivity index (χ4v) is 6.50. The van der Waals surface area contributed by atoms with Gasteiger partial charge in [0.05, 0.1) is 0 Å². The molecule has 0 aromatic carbocycles. The molecule has 3 aliphatic carbocycles. The van der Waals surface area contributed by atoms with Gasteiger partial charge in [0.2, 0.25) is 0 Å². The van der Waals surface area contributed by atoms with E-state index < -0.39 is 12.3 Å². The first kappa shape index (κ1) is 19.6. The van der Waals surface area contributed by atoms with E-state index in [1.807, 2.05) is 0 Å². The van der Waals surface area contributed by atoms with Gasteiger partial charge in [-0.15, -0.1) is 0 Å². The Kier molecular flexibility index (Phi) is 7.20. The van der Waals surface area contributed by atoms with E-state index in [0.717, 1.165) is 50.4 Å². The van der Waals surface area contributed by atoms with Crippen molar-refractivity contribution in [3.63, 3.8) is 0 Å². The van der Waals surface area contributed by atoms with Crippen LogP contribution in [-0.2, 0) is 0 Å². The van der Waals surface area contributed by atoms with E-state index >= 15 is 8.78 Å². The highest BCUT2D eigenvalue weighted by Crippen LogP contribution is 2.48. The zero-order chi connectivity index (χ0) is 17.8. The van der Waals surface area contributed by atoms with Crippen molar-refractivity contribution in [3.05, 3.63) is 0 Å². The molecule has 0 spiro atoms. The molecule has 0 aliphatic heterocycles. The summed E-state index contributed by atoms with van der Waals surface area (Å²) in [7, 11) is 0. The van der Waals surface area contributed by atoms with Gasteiger partial charge in [0.25, 0.3) is 0 Å². The van der Waals surface area contributed by atoms with Crippen LogP contribution in [0.3, 0.4) is 0 Å². The summed E-state index contributed by atoms with van der Waals surface area (Å²) < 4.78 is 30.1. The van der Waals surface area contributed by atoms with Crippen LogP contribution in [0, 0.1) is 35.5 Å². The lowest BCUT2D eigenvalue weighted by atomic mass is 9.63. The van der Waals surface area contributed by atoms with E-state index in [9.17, 15) is 0 Å². The van der Waals surface area contributed by atoms with Crippen molar-refractivity contribution in [3.8, 4) is 0 Å². The molecule has 0 aromatic rings. The maximum atomic E-state index is 15.0. The summed E-state index contributed by atoms with van der Waals surface area (Å²) in [6.07, 6.45) is 12.9. The third kappa shape index (κ3) is 4.59. The molecular formula is C23H40F2. The molecule has 3 aliphatic rings. The third-order valence-electron chi connectivity index (χ3n) is 8.22. The van der Waals surface area contributed by atoms with Crippen LogP contribution in [-0.4, -0.2) is 12.3 Å². The molecule has 0 amide bonds. The Labute approximate surface area is 154 Å². The largest absolute Gasteiger partial charge is 0.244 e. The quantitative estimate of drug-likeness (QED) is 0.479. The summed E-state index contributed by atoms with van der Waals surface area (Å²) in [4.78, 5) is 0. The summed E-state index contributed by atoms with van der Waals surface area (Å²) in [5.41, 5.74) is 0. The Bertz CT molecular complexity index is 380. The van der Waals surface area contributed by atoms with Crippen molar-refractivity contribution in [2.75, 3.05) is 0 Å². The third-order valence-corrected chi connectivity index (χ3v) is 8.22. The fraction of sp³-hybridized carbons (Fsp3) is 1.00. The molecule has 4 atom stereocenters. The van der Waals surface area contributed by atoms with E-state index in [1.165, 1.54) is 44.9 Å². The second-order valence-corrected chi connectivity index (χ2v) is 9.55. The fourth-order valence-electron chi connectivity index (χ4n) is 6.50. The minimum absolute atomic E-state index is 0.0143. The summed E-state index contributed by atoms with van der Waals surface area (Å²) in [6.45, 7) is 4.52. The molecule has 0 bridgehead atoms. The van der Waals surface area contributed by atoms with Crippen molar-refractivity contribution >= 4 is 0 Å². The highest BCUT2D eigenvalue weighted by molar-refractivity contribution is 4.95. The summed E-state index contributed by atoms with van der Waals surface area (Å²) in [5, 5.41) is 0. The summed E-state index contributed by atoms with van der Waals surface area (Å²) >= 11 is 0. The van der Waals surface area contributed by atoms with E-state index in [2.05, 4.69) is 13.8 Å². The lowest BCUT2D eigenvalue weighted by Crippen LogP contribution is -2.45. The van der Waals surface area contributed by atoms with Gasteiger partial charge < -0.3 is 0 Å². The summed E-state index contributed by atoms with van der Waals surface area (Å²) in [6, 6.07) is 0. The SMILES string of the molecule is CCCC1CCC(C2CCC(C3CCC(CC)CC3)C(F)C2F)CC1. The standard InChI is InChI=1S/C23H40F2/c1-3-5-17-8-12-19(13-9-17)21-15-14-20(22(24)23(21)25)18-10-6-16(4-2)7-11-18/h16-23H,3-15H2,1-2H3. The lowest BCUT2D eigenvalue weighted by molar-refractivity contribution is -0.0369. The van der Waals surface area contributed by atoms with Crippen molar-refractivity contribution in [2.24, 2.45) is 35.5 Å². The Morgan fingerprint density at radius 2 is 1.04 bits per heavy atom. The highest BCUT2D eigenvalue weighted by Gasteiger charge is 2.46. The molecule has 0 aromatic heterocycles. The van der Waals surface area contributed by atoms with Crippen LogP contribution in [0.2, 0.25) is 0 Å². The Balaban J connectivity index is 1.51. The minimum Gasteiger partial charge on any atom is -0.244 e. The van der Waals surface area contributed by atoms with Crippen LogP contribution in [0.4, 0.5) is 8.78 Å². The zero-order valence-electron chi connectivity index (χ0n) is 16.6. The molecule has 0 saturated heterocycles. The molecule has 25 heavy (non-hydrogen) atoms. The van der Waals surface area contributed by atoms with E-state index in [0.29, 0.717) is 11.8 Å². The number of rotatable bonds is 5. The van der Waals surface area contributed by atoms with Gasteiger partial charge in [-0.2, -0.15) is 0 Å². The highest BCUT2D eigenvalue weighted by atomic mass is 19.2. The van der Waals surface area contributed by atoms with E-state index in [-0.39, 0.29) is 11.8 Å². The molecule has 0 radical (unpaired) electrons. The number of alkyl halides is 2. The molecule has 146 valence electrons. The molecule has 2 heteroatoms. The van der Waals surface area contributed by atoms with Gasteiger partial charge >= 0.3 is 0 Å². The van der Waals surface area contributed by atoms with Gasteiger partial charge in [0, 0.05) is 0 Å². The van der Waals surface area contributed by atoms with Crippen molar-refractivity contribution < 1.29 is 8.78 Å². The van der Waals surface area contributed by atoms with Gasteiger partial charge in [-0.05, 0) is 74.0 Å². The number of hydrogen-bond donors (Lipinski definition) is 0. The van der Waals surface area contributed by atoms with Crippen LogP contribution < -0.4 is 0 Å². The Morgan fingerprint density at radius 1 is 0.600 bits per heavy atom. The van der Waals surface area contributed by atoms with Gasteiger partial charge in [-0.3, -0.25) is 0 Å². The molecular weight excluding hydrogens is 314 g/mol. The van der Waals surface area contributed by atoms with Crippen LogP contribution in [0.5, 0.6) is 0 Å². The molecule has 4 unspecified atom stereocenters. The first-order valence-electron chi connectivity index (χ1n) is 11.4. The predicted molar refractivity (Wildman–Crippen MR) is 102 cm³/mol. The molecule has 3 saturated carbocycles. The monoisotopic (exact) mass is 354 g/mol. The van der Waals surface area contributed by atoms with Crippen LogP contribution in [0.1, 0.15) is 97.3 Å². The Morgan fingerprint density at radius 3 is 1.44 bits per heavy atom. The molecule has 0 nitrogen and oxygen atoms in total. The van der Waals surface area contributed by atoms with Gasteiger partial charge in [0.1, 0.15) is 12.3 Å². The maximum absolute atomic E-state index is 15.0. The normalized spacial score (nSPS) is 46.1. The van der Waals surface area contributed by atoms with E-state index in [1.54, 1.807) is 0 Å². The first-order chi connectivity index (χ1) is 12.1. The second-order valence-electron chi connectivity index (χ2n) is 9.55. The number of halogens is 2. The zero-order valence-corrected chi connectivity index (χ0v) is 16.6. The number of hydrogen-bond acceptors (Lipinski definition) is 0. The Hall–Kier alpha value is -0.140. The van der Waals surface area contributed by atoms with Crippen LogP contribution >= 0.6 is 0 Å². The molecule has 3 fully saturated rings.